The van der Waals surface area contributed by atoms with Crippen molar-refractivity contribution in [3.63, 3.8) is 0 Å². The maximum absolute atomic E-state index is 12.1. The van der Waals surface area contributed by atoms with Gasteiger partial charge in [0.25, 0.3) is 0 Å². The standard InChI is InChI=1S/C19H31N5OS/c1-12(2)17-13(3)26-16(23-17)11-21-19(20-4)22-15-7-9-24(10-8-15)18(25)14-5-6-14/h12,14-15H,5-11H2,1-4H3,(H2,20,21,22). The summed E-state index contributed by atoms with van der Waals surface area (Å²) in [5.41, 5.74) is 1.20. The van der Waals surface area contributed by atoms with E-state index in [0.717, 1.165) is 49.7 Å². The quantitative estimate of drug-likeness (QED) is 0.611. The summed E-state index contributed by atoms with van der Waals surface area (Å²) in [5.74, 6) is 1.97. The fourth-order valence-electron chi connectivity index (χ4n) is 3.46. The number of amides is 1. The molecule has 0 spiro atoms. The van der Waals surface area contributed by atoms with Crippen LogP contribution in [0.4, 0.5) is 0 Å². The summed E-state index contributed by atoms with van der Waals surface area (Å²) in [6, 6.07) is 0.369. The predicted octanol–water partition coefficient (Wildman–Crippen LogP) is 2.64. The van der Waals surface area contributed by atoms with Gasteiger partial charge in [-0.15, -0.1) is 11.3 Å². The van der Waals surface area contributed by atoms with Crippen LogP contribution in [0.1, 0.15) is 61.0 Å². The molecular weight excluding hydrogens is 346 g/mol. The Morgan fingerprint density at radius 3 is 2.54 bits per heavy atom. The number of piperidine rings is 1. The fourth-order valence-corrected chi connectivity index (χ4v) is 4.48. The Morgan fingerprint density at radius 2 is 2.00 bits per heavy atom. The van der Waals surface area contributed by atoms with Gasteiger partial charge in [0.2, 0.25) is 5.91 Å². The molecule has 1 aliphatic carbocycles. The van der Waals surface area contributed by atoms with Crippen LogP contribution in [0.15, 0.2) is 4.99 Å². The van der Waals surface area contributed by atoms with E-state index in [4.69, 9.17) is 4.98 Å². The summed E-state index contributed by atoms with van der Waals surface area (Å²) in [7, 11) is 1.80. The topological polar surface area (TPSA) is 69.6 Å². The lowest BCUT2D eigenvalue weighted by Crippen LogP contribution is -2.49. The van der Waals surface area contributed by atoms with Crippen molar-refractivity contribution in [2.75, 3.05) is 20.1 Å². The number of nitrogens with zero attached hydrogens (tertiary/aromatic N) is 3. The van der Waals surface area contributed by atoms with E-state index in [2.05, 4.69) is 36.4 Å². The van der Waals surface area contributed by atoms with Crippen LogP contribution in [-0.2, 0) is 11.3 Å². The van der Waals surface area contributed by atoms with Crippen LogP contribution in [0.25, 0.3) is 0 Å². The number of hydrogen-bond donors (Lipinski definition) is 2. The molecule has 2 aliphatic rings. The van der Waals surface area contributed by atoms with E-state index in [-0.39, 0.29) is 0 Å². The summed E-state index contributed by atoms with van der Waals surface area (Å²) < 4.78 is 0. The average molecular weight is 378 g/mol. The number of carbonyl (C=O) groups is 1. The molecule has 0 aromatic carbocycles. The van der Waals surface area contributed by atoms with Gasteiger partial charge in [-0.2, -0.15) is 0 Å². The van der Waals surface area contributed by atoms with E-state index >= 15 is 0 Å². The molecule has 0 radical (unpaired) electrons. The SMILES string of the molecule is CN=C(NCc1nc(C(C)C)c(C)s1)NC1CCN(C(=O)C2CC2)CC1. The van der Waals surface area contributed by atoms with Crippen LogP contribution in [-0.4, -0.2) is 47.9 Å². The number of aliphatic imine (C=N–C) groups is 1. The summed E-state index contributed by atoms with van der Waals surface area (Å²) >= 11 is 1.75. The smallest absolute Gasteiger partial charge is 0.225 e. The highest BCUT2D eigenvalue weighted by atomic mass is 32.1. The molecule has 26 heavy (non-hydrogen) atoms. The highest BCUT2D eigenvalue weighted by Crippen LogP contribution is 2.31. The molecule has 2 fully saturated rings. The molecular formula is C19H31N5OS. The Labute approximate surface area is 160 Å². The third-order valence-electron chi connectivity index (χ3n) is 5.13. The molecule has 1 saturated carbocycles. The first-order chi connectivity index (χ1) is 12.5. The summed E-state index contributed by atoms with van der Waals surface area (Å²) in [6.45, 7) is 8.90. The van der Waals surface area contributed by atoms with Crippen molar-refractivity contribution in [1.82, 2.24) is 20.5 Å². The molecule has 3 rings (SSSR count). The molecule has 7 heteroatoms. The molecule has 0 unspecified atom stereocenters. The largest absolute Gasteiger partial charge is 0.354 e. The number of hydrogen-bond acceptors (Lipinski definition) is 4. The van der Waals surface area contributed by atoms with Gasteiger partial charge in [0.05, 0.1) is 12.2 Å². The second-order valence-corrected chi connectivity index (χ2v) is 8.94. The Hall–Kier alpha value is -1.63. The van der Waals surface area contributed by atoms with E-state index in [1.807, 2.05) is 4.90 Å². The lowest BCUT2D eigenvalue weighted by atomic mass is 10.0. The maximum Gasteiger partial charge on any atom is 0.225 e. The van der Waals surface area contributed by atoms with Crippen LogP contribution in [0.2, 0.25) is 0 Å². The molecule has 1 aromatic heterocycles. The zero-order valence-corrected chi connectivity index (χ0v) is 17.2. The number of thiazole rings is 1. The number of likely N-dealkylation sites (tertiary alicyclic amines) is 1. The molecule has 144 valence electrons. The minimum atomic E-state index is 0.325. The van der Waals surface area contributed by atoms with Gasteiger partial charge < -0.3 is 15.5 Å². The first kappa shape index (κ1) is 19.1. The summed E-state index contributed by atoms with van der Waals surface area (Å²) in [4.78, 5) is 24.6. The molecule has 2 heterocycles. The number of aryl methyl sites for hydroxylation is 1. The second kappa shape index (κ2) is 8.37. The average Bonchev–Trinajstić information content (AvgIpc) is 3.41. The van der Waals surface area contributed by atoms with Gasteiger partial charge in [0, 0.05) is 37.0 Å². The molecule has 2 N–H and O–H groups in total. The van der Waals surface area contributed by atoms with E-state index in [0.29, 0.717) is 30.3 Å². The molecule has 1 amide bonds. The zero-order chi connectivity index (χ0) is 18.7. The van der Waals surface area contributed by atoms with E-state index < -0.39 is 0 Å². The molecule has 0 atom stereocenters. The number of aromatic nitrogens is 1. The number of nitrogens with one attached hydrogen (secondary N) is 2. The Balaban J connectivity index is 1.45. The molecule has 1 aromatic rings. The molecule has 0 bridgehead atoms. The highest BCUT2D eigenvalue weighted by molar-refractivity contribution is 7.11. The summed E-state index contributed by atoms with van der Waals surface area (Å²) in [5, 5.41) is 7.98. The van der Waals surface area contributed by atoms with Gasteiger partial charge >= 0.3 is 0 Å². The van der Waals surface area contributed by atoms with Crippen molar-refractivity contribution in [3.05, 3.63) is 15.6 Å². The number of carbonyl (C=O) groups excluding carboxylic acids is 1. The van der Waals surface area contributed by atoms with Crippen molar-refractivity contribution in [3.8, 4) is 0 Å². The minimum Gasteiger partial charge on any atom is -0.354 e. The van der Waals surface area contributed by atoms with Crippen molar-refractivity contribution < 1.29 is 4.79 Å². The lowest BCUT2D eigenvalue weighted by molar-refractivity contribution is -0.133. The van der Waals surface area contributed by atoms with E-state index in [9.17, 15) is 4.79 Å². The van der Waals surface area contributed by atoms with Crippen molar-refractivity contribution in [2.24, 2.45) is 10.9 Å². The maximum atomic E-state index is 12.1. The van der Waals surface area contributed by atoms with Gasteiger partial charge in [-0.25, -0.2) is 4.98 Å². The predicted molar refractivity (Wildman–Crippen MR) is 107 cm³/mol. The van der Waals surface area contributed by atoms with E-state index in [1.54, 1.807) is 18.4 Å². The molecule has 6 nitrogen and oxygen atoms in total. The molecule has 1 saturated heterocycles. The van der Waals surface area contributed by atoms with Crippen LogP contribution < -0.4 is 10.6 Å². The second-order valence-electron chi connectivity index (χ2n) is 7.65. The first-order valence-electron chi connectivity index (χ1n) is 9.70. The van der Waals surface area contributed by atoms with Crippen LogP contribution >= 0.6 is 11.3 Å². The normalized spacial score (nSPS) is 19.1. The third kappa shape index (κ3) is 4.75. The van der Waals surface area contributed by atoms with Crippen LogP contribution in [0.3, 0.4) is 0 Å². The third-order valence-corrected chi connectivity index (χ3v) is 6.11. The van der Waals surface area contributed by atoms with Gasteiger partial charge in [-0.05, 0) is 38.5 Å². The van der Waals surface area contributed by atoms with Crippen molar-refractivity contribution in [2.45, 2.75) is 65.0 Å². The summed E-state index contributed by atoms with van der Waals surface area (Å²) in [6.07, 6.45) is 4.13. The van der Waals surface area contributed by atoms with Crippen LogP contribution in [0, 0.1) is 12.8 Å². The number of guanidine groups is 1. The van der Waals surface area contributed by atoms with E-state index in [1.165, 1.54) is 10.6 Å². The highest BCUT2D eigenvalue weighted by Gasteiger charge is 2.34. The fraction of sp³-hybridized carbons (Fsp3) is 0.737. The Morgan fingerprint density at radius 1 is 1.31 bits per heavy atom. The molecule has 1 aliphatic heterocycles. The Kier molecular flexibility index (Phi) is 6.16. The van der Waals surface area contributed by atoms with Crippen molar-refractivity contribution >= 4 is 23.2 Å². The monoisotopic (exact) mass is 377 g/mol. The first-order valence-corrected chi connectivity index (χ1v) is 10.5. The van der Waals surface area contributed by atoms with Gasteiger partial charge in [-0.3, -0.25) is 9.79 Å². The van der Waals surface area contributed by atoms with Gasteiger partial charge in [0.1, 0.15) is 5.01 Å². The Bertz CT molecular complexity index is 657. The minimum absolute atomic E-state index is 0.325. The van der Waals surface area contributed by atoms with Crippen molar-refractivity contribution in [1.29, 1.82) is 0 Å². The van der Waals surface area contributed by atoms with Gasteiger partial charge in [0.15, 0.2) is 5.96 Å². The zero-order valence-electron chi connectivity index (χ0n) is 16.3. The van der Waals surface area contributed by atoms with Gasteiger partial charge in [-0.1, -0.05) is 13.8 Å². The lowest BCUT2D eigenvalue weighted by Gasteiger charge is -2.33. The van der Waals surface area contributed by atoms with Crippen LogP contribution in [0.5, 0.6) is 0 Å². The number of rotatable bonds is 5.